The summed E-state index contributed by atoms with van der Waals surface area (Å²) < 4.78 is 2.01. The normalized spacial score (nSPS) is 16.2. The molecule has 0 spiro atoms. The fourth-order valence-electron chi connectivity index (χ4n) is 2.44. The molecule has 0 fully saturated rings. The van der Waals surface area contributed by atoms with Gasteiger partial charge in [-0.05, 0) is 25.1 Å². The third-order valence-electron chi connectivity index (χ3n) is 3.75. The van der Waals surface area contributed by atoms with E-state index in [2.05, 4.69) is 20.4 Å². The molecule has 0 aliphatic carbocycles. The zero-order valence-corrected chi connectivity index (χ0v) is 11.9. The Kier molecular flexibility index (Phi) is 3.57. The minimum atomic E-state index is -0.239. The molecule has 0 saturated carbocycles. The molecular formula is C14H18N6O. The molecule has 1 aromatic heterocycles. The molecule has 0 radical (unpaired) electrons. The van der Waals surface area contributed by atoms with Crippen LogP contribution in [0.3, 0.4) is 0 Å². The summed E-state index contributed by atoms with van der Waals surface area (Å²) in [5.41, 5.74) is 7.06. The van der Waals surface area contributed by atoms with Gasteiger partial charge in [-0.2, -0.15) is 0 Å². The predicted molar refractivity (Wildman–Crippen MR) is 79.4 cm³/mol. The number of hydrogen-bond acceptors (Lipinski definition) is 5. The Bertz CT molecular complexity index is 652. The molecule has 110 valence electrons. The van der Waals surface area contributed by atoms with Crippen molar-refractivity contribution in [3.63, 3.8) is 0 Å². The third kappa shape index (κ3) is 2.87. The number of nitrogens with one attached hydrogen (secondary N) is 1. The van der Waals surface area contributed by atoms with Gasteiger partial charge in [0.15, 0.2) is 0 Å². The zero-order valence-electron chi connectivity index (χ0n) is 11.9. The minimum Gasteiger partial charge on any atom is -0.399 e. The van der Waals surface area contributed by atoms with Crippen LogP contribution < -0.4 is 11.1 Å². The van der Waals surface area contributed by atoms with E-state index >= 15 is 0 Å². The summed E-state index contributed by atoms with van der Waals surface area (Å²) in [6, 6.07) is 6.94. The standard InChI is InChI=1S/C14H18N6O/c1-10(14(21)17-12-4-2-3-11(15)7-12)19-5-6-20-9-16-18-13(20)8-19/h2-4,7,9-10H,5-6,8,15H2,1H3,(H,17,21). The molecule has 2 heterocycles. The first-order valence-electron chi connectivity index (χ1n) is 6.90. The number of fused-ring (bicyclic) bond motifs is 1. The van der Waals surface area contributed by atoms with Gasteiger partial charge in [0.2, 0.25) is 5.91 Å². The van der Waals surface area contributed by atoms with Crippen LogP contribution in [0.1, 0.15) is 12.7 Å². The molecule has 1 unspecified atom stereocenters. The molecule has 7 heteroatoms. The van der Waals surface area contributed by atoms with Crippen LogP contribution in [-0.2, 0) is 17.9 Å². The Balaban J connectivity index is 1.65. The molecule has 0 bridgehead atoms. The van der Waals surface area contributed by atoms with Crippen LogP contribution in [0.4, 0.5) is 11.4 Å². The van der Waals surface area contributed by atoms with Crippen molar-refractivity contribution in [3.8, 4) is 0 Å². The number of nitrogen functional groups attached to an aromatic ring is 1. The number of carbonyl (C=O) groups excluding carboxylic acids is 1. The van der Waals surface area contributed by atoms with Crippen molar-refractivity contribution < 1.29 is 4.79 Å². The SMILES string of the molecule is CC(C(=O)Nc1cccc(N)c1)N1CCn2cnnc2C1. The second-order valence-corrected chi connectivity index (χ2v) is 5.20. The van der Waals surface area contributed by atoms with Crippen molar-refractivity contribution in [2.75, 3.05) is 17.6 Å². The first kappa shape index (κ1) is 13.6. The monoisotopic (exact) mass is 286 g/mol. The summed E-state index contributed by atoms with van der Waals surface area (Å²) in [5.74, 6) is 0.846. The highest BCUT2D eigenvalue weighted by atomic mass is 16.2. The molecule has 3 rings (SSSR count). The minimum absolute atomic E-state index is 0.0476. The molecule has 1 aliphatic heterocycles. The lowest BCUT2D eigenvalue weighted by Crippen LogP contribution is -2.45. The van der Waals surface area contributed by atoms with E-state index < -0.39 is 0 Å². The Labute approximate surface area is 122 Å². The van der Waals surface area contributed by atoms with Crippen LogP contribution in [0.5, 0.6) is 0 Å². The lowest BCUT2D eigenvalue weighted by Gasteiger charge is -2.31. The fraction of sp³-hybridized carbons (Fsp3) is 0.357. The molecule has 0 saturated heterocycles. The number of hydrogen-bond donors (Lipinski definition) is 2. The fourth-order valence-corrected chi connectivity index (χ4v) is 2.44. The van der Waals surface area contributed by atoms with Gasteiger partial charge >= 0.3 is 0 Å². The van der Waals surface area contributed by atoms with Gasteiger partial charge in [-0.1, -0.05) is 6.07 Å². The number of carbonyl (C=O) groups is 1. The van der Waals surface area contributed by atoms with Crippen LogP contribution in [-0.4, -0.2) is 38.2 Å². The topological polar surface area (TPSA) is 89.1 Å². The lowest BCUT2D eigenvalue weighted by molar-refractivity contribution is -0.121. The van der Waals surface area contributed by atoms with Crippen LogP contribution in [0.25, 0.3) is 0 Å². The maximum Gasteiger partial charge on any atom is 0.241 e. The smallest absolute Gasteiger partial charge is 0.241 e. The molecule has 1 amide bonds. The Morgan fingerprint density at radius 2 is 2.29 bits per heavy atom. The first-order valence-corrected chi connectivity index (χ1v) is 6.90. The third-order valence-corrected chi connectivity index (χ3v) is 3.75. The van der Waals surface area contributed by atoms with E-state index in [1.165, 1.54) is 0 Å². The average Bonchev–Trinajstić information content (AvgIpc) is 2.93. The summed E-state index contributed by atoms with van der Waals surface area (Å²) in [6.07, 6.45) is 1.73. The number of anilines is 2. The molecule has 2 aromatic rings. The number of aromatic nitrogens is 3. The summed E-state index contributed by atoms with van der Waals surface area (Å²) >= 11 is 0. The van der Waals surface area contributed by atoms with Gasteiger partial charge in [0.05, 0.1) is 12.6 Å². The average molecular weight is 286 g/mol. The summed E-state index contributed by atoms with van der Waals surface area (Å²) in [5, 5.41) is 10.9. The van der Waals surface area contributed by atoms with E-state index in [-0.39, 0.29) is 11.9 Å². The number of rotatable bonds is 3. The molecule has 3 N–H and O–H groups in total. The van der Waals surface area contributed by atoms with Crippen molar-refractivity contribution in [1.82, 2.24) is 19.7 Å². The number of nitrogens with zero attached hydrogens (tertiary/aromatic N) is 4. The Morgan fingerprint density at radius 3 is 3.10 bits per heavy atom. The van der Waals surface area contributed by atoms with Crippen molar-refractivity contribution in [1.29, 1.82) is 0 Å². The summed E-state index contributed by atoms with van der Waals surface area (Å²) in [6.45, 7) is 4.13. The first-order chi connectivity index (χ1) is 10.1. The Hall–Kier alpha value is -2.41. The molecule has 1 aromatic carbocycles. The maximum atomic E-state index is 12.3. The van der Waals surface area contributed by atoms with E-state index in [1.807, 2.05) is 23.6 Å². The maximum absolute atomic E-state index is 12.3. The van der Waals surface area contributed by atoms with Gasteiger partial charge < -0.3 is 15.6 Å². The van der Waals surface area contributed by atoms with Crippen LogP contribution in [0, 0.1) is 0 Å². The van der Waals surface area contributed by atoms with Gasteiger partial charge in [-0.25, -0.2) is 0 Å². The van der Waals surface area contributed by atoms with E-state index in [4.69, 9.17) is 5.73 Å². The van der Waals surface area contributed by atoms with Gasteiger partial charge in [0, 0.05) is 24.5 Å². The highest BCUT2D eigenvalue weighted by Crippen LogP contribution is 2.16. The van der Waals surface area contributed by atoms with Crippen molar-refractivity contribution >= 4 is 17.3 Å². The molecule has 7 nitrogen and oxygen atoms in total. The van der Waals surface area contributed by atoms with Crippen molar-refractivity contribution in [3.05, 3.63) is 36.4 Å². The van der Waals surface area contributed by atoms with Crippen molar-refractivity contribution in [2.24, 2.45) is 0 Å². The van der Waals surface area contributed by atoms with Crippen LogP contribution >= 0.6 is 0 Å². The number of amides is 1. The summed E-state index contributed by atoms with van der Waals surface area (Å²) in [4.78, 5) is 14.4. The highest BCUT2D eigenvalue weighted by molar-refractivity contribution is 5.94. The van der Waals surface area contributed by atoms with E-state index in [1.54, 1.807) is 18.5 Å². The van der Waals surface area contributed by atoms with E-state index in [9.17, 15) is 4.79 Å². The van der Waals surface area contributed by atoms with E-state index in [0.29, 0.717) is 17.9 Å². The second-order valence-electron chi connectivity index (χ2n) is 5.20. The molecule has 21 heavy (non-hydrogen) atoms. The second kappa shape index (κ2) is 5.53. The largest absolute Gasteiger partial charge is 0.399 e. The molecular weight excluding hydrogens is 268 g/mol. The van der Waals surface area contributed by atoms with Gasteiger partial charge in [0.1, 0.15) is 12.2 Å². The van der Waals surface area contributed by atoms with E-state index in [0.717, 1.165) is 18.9 Å². The molecule has 1 aliphatic rings. The van der Waals surface area contributed by atoms with Crippen LogP contribution in [0.15, 0.2) is 30.6 Å². The Morgan fingerprint density at radius 1 is 1.43 bits per heavy atom. The van der Waals surface area contributed by atoms with Gasteiger partial charge in [-0.15, -0.1) is 10.2 Å². The molecule has 1 atom stereocenters. The highest BCUT2D eigenvalue weighted by Gasteiger charge is 2.26. The number of nitrogens with two attached hydrogens (primary N) is 1. The summed E-state index contributed by atoms with van der Waals surface area (Å²) in [7, 11) is 0. The van der Waals surface area contributed by atoms with Crippen molar-refractivity contribution in [2.45, 2.75) is 26.1 Å². The quantitative estimate of drug-likeness (QED) is 0.811. The predicted octanol–water partition coefficient (Wildman–Crippen LogP) is 0.703. The van der Waals surface area contributed by atoms with Gasteiger partial charge in [0.25, 0.3) is 0 Å². The van der Waals surface area contributed by atoms with Crippen LogP contribution in [0.2, 0.25) is 0 Å². The number of benzene rings is 1. The lowest BCUT2D eigenvalue weighted by atomic mass is 10.2. The van der Waals surface area contributed by atoms with Gasteiger partial charge in [-0.3, -0.25) is 9.69 Å². The zero-order chi connectivity index (χ0) is 14.8.